The number of ketones is 1. The molecule has 0 amide bonds. The number of rotatable bonds is 3. The van der Waals surface area contributed by atoms with Gasteiger partial charge in [-0.3, -0.25) is 9.48 Å². The molecule has 0 unspecified atom stereocenters. The fourth-order valence-corrected chi connectivity index (χ4v) is 1.48. The van der Waals surface area contributed by atoms with Crippen molar-refractivity contribution < 1.29 is 4.79 Å². The summed E-state index contributed by atoms with van der Waals surface area (Å²) in [6.07, 6.45) is 0.369. The van der Waals surface area contributed by atoms with Crippen molar-refractivity contribution >= 4 is 17.4 Å². The topological polar surface area (TPSA) is 34.9 Å². The Labute approximate surface area is 82.7 Å². The maximum Gasteiger partial charge on any atom is 0.135 e. The number of hydrogen-bond acceptors (Lipinski definition) is 2. The second kappa shape index (κ2) is 3.92. The quantitative estimate of drug-likeness (QED) is 0.748. The molecule has 0 spiro atoms. The van der Waals surface area contributed by atoms with Crippen molar-refractivity contribution in [3.63, 3.8) is 0 Å². The molecule has 0 radical (unpaired) electrons. The summed E-state index contributed by atoms with van der Waals surface area (Å²) in [7, 11) is 0. The van der Waals surface area contributed by atoms with Gasteiger partial charge < -0.3 is 0 Å². The van der Waals surface area contributed by atoms with Crippen molar-refractivity contribution in [2.45, 2.75) is 33.7 Å². The van der Waals surface area contributed by atoms with E-state index in [1.54, 1.807) is 11.6 Å². The zero-order valence-electron chi connectivity index (χ0n) is 8.09. The third-order valence-electron chi connectivity index (χ3n) is 1.87. The Morgan fingerprint density at radius 2 is 2.23 bits per heavy atom. The SMILES string of the molecule is CCn1nc(C)c(Cl)c1CC(C)=O. The lowest BCUT2D eigenvalue weighted by atomic mass is 10.2. The number of aromatic nitrogens is 2. The van der Waals surface area contributed by atoms with Crippen LogP contribution in [-0.4, -0.2) is 15.6 Å². The summed E-state index contributed by atoms with van der Waals surface area (Å²) in [6, 6.07) is 0. The second-order valence-corrected chi connectivity index (χ2v) is 3.42. The van der Waals surface area contributed by atoms with Crippen LogP contribution in [0, 0.1) is 6.92 Å². The van der Waals surface area contributed by atoms with Gasteiger partial charge in [0.15, 0.2) is 0 Å². The molecule has 0 fully saturated rings. The highest BCUT2D eigenvalue weighted by atomic mass is 35.5. The van der Waals surface area contributed by atoms with Crippen LogP contribution >= 0.6 is 11.6 Å². The Bertz CT molecular complexity index is 331. The summed E-state index contributed by atoms with van der Waals surface area (Å²) >= 11 is 6.00. The summed E-state index contributed by atoms with van der Waals surface area (Å²) in [4.78, 5) is 10.9. The van der Waals surface area contributed by atoms with Crippen LogP contribution in [-0.2, 0) is 17.8 Å². The number of hydrogen-bond donors (Lipinski definition) is 0. The first-order valence-electron chi connectivity index (χ1n) is 4.27. The van der Waals surface area contributed by atoms with E-state index in [1.807, 2.05) is 13.8 Å². The molecule has 0 saturated heterocycles. The van der Waals surface area contributed by atoms with Crippen LogP contribution in [0.2, 0.25) is 5.02 Å². The van der Waals surface area contributed by atoms with Crippen LogP contribution in [0.25, 0.3) is 0 Å². The molecule has 0 aliphatic carbocycles. The second-order valence-electron chi connectivity index (χ2n) is 3.04. The van der Waals surface area contributed by atoms with E-state index in [2.05, 4.69) is 5.10 Å². The largest absolute Gasteiger partial charge is 0.300 e. The number of carbonyl (C=O) groups excluding carboxylic acids is 1. The van der Waals surface area contributed by atoms with Gasteiger partial charge in [0.05, 0.1) is 16.4 Å². The summed E-state index contributed by atoms with van der Waals surface area (Å²) < 4.78 is 1.78. The number of Topliss-reactive ketones (excluding diaryl/α,β-unsaturated/α-hetero) is 1. The van der Waals surface area contributed by atoms with Gasteiger partial charge in [0, 0.05) is 13.0 Å². The molecule has 0 bridgehead atoms. The summed E-state index contributed by atoms with van der Waals surface area (Å²) in [6.45, 7) is 6.12. The Morgan fingerprint density at radius 3 is 2.69 bits per heavy atom. The zero-order valence-corrected chi connectivity index (χ0v) is 8.85. The normalized spacial score (nSPS) is 10.5. The van der Waals surface area contributed by atoms with E-state index in [0.29, 0.717) is 11.4 Å². The minimum atomic E-state index is 0.108. The fourth-order valence-electron chi connectivity index (χ4n) is 1.27. The van der Waals surface area contributed by atoms with Crippen LogP contribution in [0.5, 0.6) is 0 Å². The summed E-state index contributed by atoms with van der Waals surface area (Å²) in [5, 5.41) is 4.84. The third-order valence-corrected chi connectivity index (χ3v) is 2.36. The Morgan fingerprint density at radius 1 is 1.62 bits per heavy atom. The number of nitrogens with zero attached hydrogens (tertiary/aromatic N) is 2. The van der Waals surface area contributed by atoms with Gasteiger partial charge in [-0.05, 0) is 20.8 Å². The van der Waals surface area contributed by atoms with Crippen molar-refractivity contribution in [1.29, 1.82) is 0 Å². The molecular weight excluding hydrogens is 188 g/mol. The number of carbonyl (C=O) groups is 1. The standard InChI is InChI=1S/C9H13ClN2O/c1-4-12-8(5-6(2)13)9(10)7(3)11-12/h4-5H2,1-3H3. The monoisotopic (exact) mass is 200 g/mol. The molecule has 0 saturated carbocycles. The minimum Gasteiger partial charge on any atom is -0.300 e. The van der Waals surface area contributed by atoms with Gasteiger partial charge in [-0.15, -0.1) is 0 Å². The van der Waals surface area contributed by atoms with Crippen molar-refractivity contribution in [3.8, 4) is 0 Å². The predicted molar refractivity (Wildman–Crippen MR) is 52.0 cm³/mol. The lowest BCUT2D eigenvalue weighted by molar-refractivity contribution is -0.116. The van der Waals surface area contributed by atoms with Crippen LogP contribution in [0.3, 0.4) is 0 Å². The van der Waals surface area contributed by atoms with Gasteiger partial charge in [0.1, 0.15) is 5.78 Å². The molecule has 1 aromatic rings. The van der Waals surface area contributed by atoms with E-state index in [9.17, 15) is 4.79 Å². The first-order chi connectivity index (χ1) is 6.06. The fraction of sp³-hybridized carbons (Fsp3) is 0.556. The summed E-state index contributed by atoms with van der Waals surface area (Å²) in [5.41, 5.74) is 1.62. The van der Waals surface area contributed by atoms with Gasteiger partial charge in [-0.25, -0.2) is 0 Å². The Kier molecular flexibility index (Phi) is 3.09. The molecule has 0 aromatic carbocycles. The molecule has 72 valence electrons. The maximum atomic E-state index is 10.9. The zero-order chi connectivity index (χ0) is 10.0. The Balaban J connectivity index is 3.08. The molecule has 13 heavy (non-hydrogen) atoms. The van der Waals surface area contributed by atoms with Gasteiger partial charge in [0.25, 0.3) is 0 Å². The van der Waals surface area contributed by atoms with E-state index in [0.717, 1.165) is 17.9 Å². The highest BCUT2D eigenvalue weighted by Crippen LogP contribution is 2.20. The highest BCUT2D eigenvalue weighted by Gasteiger charge is 2.13. The smallest absolute Gasteiger partial charge is 0.135 e. The van der Waals surface area contributed by atoms with Crippen LogP contribution in [0.4, 0.5) is 0 Å². The highest BCUT2D eigenvalue weighted by molar-refractivity contribution is 6.32. The Hall–Kier alpha value is -0.830. The van der Waals surface area contributed by atoms with Crippen molar-refractivity contribution in [2.75, 3.05) is 0 Å². The molecule has 1 rings (SSSR count). The number of aryl methyl sites for hydroxylation is 2. The van der Waals surface area contributed by atoms with Crippen LogP contribution < -0.4 is 0 Å². The molecule has 3 nitrogen and oxygen atoms in total. The minimum absolute atomic E-state index is 0.108. The van der Waals surface area contributed by atoms with Gasteiger partial charge in [-0.2, -0.15) is 5.10 Å². The number of halogens is 1. The molecule has 4 heteroatoms. The van der Waals surface area contributed by atoms with Crippen molar-refractivity contribution in [2.24, 2.45) is 0 Å². The lowest BCUT2D eigenvalue weighted by Crippen LogP contribution is -2.07. The van der Waals surface area contributed by atoms with E-state index >= 15 is 0 Å². The van der Waals surface area contributed by atoms with Gasteiger partial charge >= 0.3 is 0 Å². The molecule has 1 aromatic heterocycles. The van der Waals surface area contributed by atoms with E-state index in [1.165, 1.54) is 0 Å². The first kappa shape index (κ1) is 10.3. The van der Waals surface area contributed by atoms with Crippen LogP contribution in [0.15, 0.2) is 0 Å². The van der Waals surface area contributed by atoms with E-state index in [4.69, 9.17) is 11.6 Å². The summed E-state index contributed by atoms with van der Waals surface area (Å²) in [5.74, 6) is 0.108. The van der Waals surface area contributed by atoms with Crippen molar-refractivity contribution in [3.05, 3.63) is 16.4 Å². The van der Waals surface area contributed by atoms with E-state index < -0.39 is 0 Å². The average molecular weight is 201 g/mol. The lowest BCUT2D eigenvalue weighted by Gasteiger charge is -2.01. The molecular formula is C9H13ClN2O. The van der Waals surface area contributed by atoms with Crippen LogP contribution in [0.1, 0.15) is 25.2 Å². The molecule has 0 aliphatic rings. The van der Waals surface area contributed by atoms with Crippen molar-refractivity contribution in [1.82, 2.24) is 9.78 Å². The molecule has 0 atom stereocenters. The average Bonchev–Trinajstić information content (AvgIpc) is 2.31. The molecule has 0 aliphatic heterocycles. The van der Waals surface area contributed by atoms with Gasteiger partial charge in [-0.1, -0.05) is 11.6 Å². The van der Waals surface area contributed by atoms with Gasteiger partial charge in [0.2, 0.25) is 0 Å². The first-order valence-corrected chi connectivity index (χ1v) is 4.65. The maximum absolute atomic E-state index is 10.9. The van der Waals surface area contributed by atoms with E-state index in [-0.39, 0.29) is 5.78 Å². The third kappa shape index (κ3) is 2.10. The molecule has 1 heterocycles. The predicted octanol–water partition coefficient (Wildman–Crippen LogP) is 2.00. The molecule has 0 N–H and O–H groups in total.